The first-order valence-corrected chi connectivity index (χ1v) is 9.90. The van der Waals surface area contributed by atoms with Gasteiger partial charge in [0.25, 0.3) is 0 Å². The van der Waals surface area contributed by atoms with Crippen LogP contribution in [0.4, 0.5) is 5.69 Å². The van der Waals surface area contributed by atoms with E-state index in [0.717, 1.165) is 25.6 Å². The van der Waals surface area contributed by atoms with Crippen LogP contribution in [0.25, 0.3) is 0 Å². The van der Waals surface area contributed by atoms with Crippen LogP contribution in [0, 0.1) is 0 Å². The first-order valence-electron chi connectivity index (χ1n) is 7.47. The zero-order valence-corrected chi connectivity index (χ0v) is 15.8. The van der Waals surface area contributed by atoms with Gasteiger partial charge in [0.1, 0.15) is 12.4 Å². The Balaban J connectivity index is 0.00000288. The molecule has 0 radical (unpaired) electrons. The third kappa shape index (κ3) is 7.25. The van der Waals surface area contributed by atoms with E-state index in [1.807, 2.05) is 0 Å². The molecule has 1 aromatic rings. The average Bonchev–Trinajstić information content (AvgIpc) is 2.92. The summed E-state index contributed by atoms with van der Waals surface area (Å²) in [6, 6.07) is 5.04. The van der Waals surface area contributed by atoms with Crippen LogP contribution in [0.5, 0.6) is 5.75 Å². The molecule has 136 valence electrons. The smallest absolute Gasteiger partial charge is 0.226 e. The van der Waals surface area contributed by atoms with Gasteiger partial charge in [-0.25, -0.2) is 8.42 Å². The molecular formula is C15H22Cl2N2O4S. The van der Waals surface area contributed by atoms with Crippen LogP contribution in [0.1, 0.15) is 19.3 Å². The second-order valence-corrected chi connectivity index (χ2v) is 8.36. The molecule has 0 saturated carbocycles. The minimum Gasteiger partial charge on any atom is -0.490 e. The quantitative estimate of drug-likeness (QED) is 0.738. The van der Waals surface area contributed by atoms with E-state index in [1.54, 1.807) is 18.2 Å². The average molecular weight is 397 g/mol. The Morgan fingerprint density at radius 1 is 1.46 bits per heavy atom. The number of rotatable bonds is 7. The summed E-state index contributed by atoms with van der Waals surface area (Å²) in [6.45, 7) is 0.961. The third-order valence-electron chi connectivity index (χ3n) is 3.52. The summed E-state index contributed by atoms with van der Waals surface area (Å²) >= 11 is 5.96. The molecule has 0 aliphatic carbocycles. The lowest BCUT2D eigenvalue weighted by atomic mass is 10.1. The molecule has 9 heteroatoms. The zero-order valence-electron chi connectivity index (χ0n) is 13.4. The van der Waals surface area contributed by atoms with Gasteiger partial charge in [-0.05, 0) is 37.6 Å². The van der Waals surface area contributed by atoms with Gasteiger partial charge in [0, 0.05) is 23.7 Å². The highest BCUT2D eigenvalue weighted by Crippen LogP contribution is 2.28. The first kappa shape index (κ1) is 21.0. The molecule has 6 nitrogen and oxygen atoms in total. The predicted molar refractivity (Wildman–Crippen MR) is 98.2 cm³/mol. The largest absolute Gasteiger partial charge is 0.490 e. The molecule has 1 fully saturated rings. The van der Waals surface area contributed by atoms with Crippen LogP contribution in [0.3, 0.4) is 0 Å². The van der Waals surface area contributed by atoms with Gasteiger partial charge in [0.15, 0.2) is 9.84 Å². The van der Waals surface area contributed by atoms with Crippen molar-refractivity contribution in [2.75, 3.05) is 30.5 Å². The molecule has 2 N–H and O–H groups in total. The van der Waals surface area contributed by atoms with E-state index in [0.29, 0.717) is 22.9 Å². The van der Waals surface area contributed by atoms with Gasteiger partial charge >= 0.3 is 0 Å². The fraction of sp³-hybridized carbons (Fsp3) is 0.533. The number of hydrogen-bond acceptors (Lipinski definition) is 5. The summed E-state index contributed by atoms with van der Waals surface area (Å²) in [6.07, 6.45) is 3.60. The van der Waals surface area contributed by atoms with Gasteiger partial charge in [-0.15, -0.1) is 12.4 Å². The summed E-state index contributed by atoms with van der Waals surface area (Å²) in [7, 11) is -3.10. The van der Waals surface area contributed by atoms with Crippen molar-refractivity contribution in [3.05, 3.63) is 23.2 Å². The monoisotopic (exact) mass is 396 g/mol. The summed E-state index contributed by atoms with van der Waals surface area (Å²) in [4.78, 5) is 12.1. The number of anilines is 1. The Hall–Kier alpha value is -1.02. The van der Waals surface area contributed by atoms with Crippen molar-refractivity contribution < 1.29 is 17.9 Å². The molecular weight excluding hydrogens is 375 g/mol. The lowest BCUT2D eigenvalue weighted by Gasteiger charge is -2.14. The second kappa shape index (κ2) is 9.46. The van der Waals surface area contributed by atoms with Crippen molar-refractivity contribution in [1.29, 1.82) is 0 Å². The van der Waals surface area contributed by atoms with E-state index in [2.05, 4.69) is 10.6 Å². The van der Waals surface area contributed by atoms with Crippen molar-refractivity contribution in [2.45, 2.75) is 25.3 Å². The van der Waals surface area contributed by atoms with Crippen LogP contribution in [-0.4, -0.2) is 45.5 Å². The highest BCUT2D eigenvalue weighted by molar-refractivity contribution is 7.90. The highest BCUT2D eigenvalue weighted by Gasteiger charge is 2.18. The van der Waals surface area contributed by atoms with Gasteiger partial charge in [0.05, 0.1) is 11.4 Å². The van der Waals surface area contributed by atoms with Crippen LogP contribution in [0.15, 0.2) is 18.2 Å². The van der Waals surface area contributed by atoms with Crippen molar-refractivity contribution in [1.82, 2.24) is 5.32 Å². The molecule has 0 bridgehead atoms. The molecule has 1 saturated heterocycles. The van der Waals surface area contributed by atoms with E-state index < -0.39 is 9.84 Å². The maximum absolute atomic E-state index is 12.1. The number of benzene rings is 1. The Morgan fingerprint density at radius 3 is 2.83 bits per heavy atom. The molecule has 1 heterocycles. The van der Waals surface area contributed by atoms with Gasteiger partial charge in [-0.1, -0.05) is 11.6 Å². The fourth-order valence-electron chi connectivity index (χ4n) is 2.38. The normalized spacial score (nSPS) is 17.2. The summed E-state index contributed by atoms with van der Waals surface area (Å²) in [5.74, 6) is 0.195. The van der Waals surface area contributed by atoms with Crippen molar-refractivity contribution in [3.8, 4) is 5.75 Å². The van der Waals surface area contributed by atoms with Crippen LogP contribution < -0.4 is 15.4 Å². The number of nitrogens with one attached hydrogen (secondary N) is 2. The van der Waals surface area contributed by atoms with Gasteiger partial charge in [0.2, 0.25) is 5.91 Å². The van der Waals surface area contributed by atoms with E-state index >= 15 is 0 Å². The maximum atomic E-state index is 12.1. The lowest BCUT2D eigenvalue weighted by molar-refractivity contribution is -0.116. The minimum atomic E-state index is -3.10. The number of halogens is 2. The number of sulfone groups is 1. The van der Waals surface area contributed by atoms with E-state index in [4.69, 9.17) is 16.3 Å². The number of amides is 1. The molecule has 1 amide bonds. The van der Waals surface area contributed by atoms with Crippen LogP contribution >= 0.6 is 24.0 Å². The molecule has 2 rings (SSSR count). The van der Waals surface area contributed by atoms with Crippen LogP contribution in [-0.2, 0) is 14.6 Å². The zero-order chi connectivity index (χ0) is 16.9. The predicted octanol–water partition coefficient (Wildman–Crippen LogP) is 2.27. The van der Waals surface area contributed by atoms with Crippen molar-refractivity contribution >= 4 is 45.4 Å². The van der Waals surface area contributed by atoms with Crippen molar-refractivity contribution in [2.24, 2.45) is 0 Å². The fourth-order valence-corrected chi connectivity index (χ4v) is 2.94. The molecule has 24 heavy (non-hydrogen) atoms. The van der Waals surface area contributed by atoms with E-state index in [9.17, 15) is 13.2 Å². The first-order chi connectivity index (χ1) is 10.8. The maximum Gasteiger partial charge on any atom is 0.226 e. The van der Waals surface area contributed by atoms with Gasteiger partial charge in [-0.3, -0.25) is 4.79 Å². The van der Waals surface area contributed by atoms with E-state index in [1.165, 1.54) is 0 Å². The number of hydrogen-bond donors (Lipinski definition) is 2. The van der Waals surface area contributed by atoms with Crippen molar-refractivity contribution in [3.63, 3.8) is 0 Å². The molecule has 0 aromatic heterocycles. The Labute approximate surface area is 153 Å². The standard InChI is InChI=1S/C15H21ClN2O4S.ClH/c1-23(20,21)8-7-22-14-5-4-11(16)9-13(14)18-15(19)10-12-3-2-6-17-12;/h4-5,9,12,17H,2-3,6-8,10H2,1H3,(H,18,19);1H. The molecule has 1 unspecified atom stereocenters. The van der Waals surface area contributed by atoms with Gasteiger partial charge < -0.3 is 15.4 Å². The Morgan fingerprint density at radius 2 is 2.21 bits per heavy atom. The topological polar surface area (TPSA) is 84.5 Å². The lowest BCUT2D eigenvalue weighted by Crippen LogP contribution is -2.27. The number of carbonyl (C=O) groups excluding carboxylic acids is 1. The Kier molecular flexibility index (Phi) is 8.29. The molecule has 1 aliphatic rings. The summed E-state index contributed by atoms with van der Waals surface area (Å²) < 4.78 is 27.8. The van der Waals surface area contributed by atoms with E-state index in [-0.39, 0.29) is 36.7 Å². The molecule has 1 aromatic carbocycles. The summed E-state index contributed by atoms with van der Waals surface area (Å²) in [5, 5.41) is 6.52. The SMILES string of the molecule is CS(=O)(=O)CCOc1ccc(Cl)cc1NC(=O)CC1CCCN1.Cl. The third-order valence-corrected chi connectivity index (χ3v) is 4.66. The van der Waals surface area contributed by atoms with Gasteiger partial charge in [-0.2, -0.15) is 0 Å². The number of carbonyl (C=O) groups is 1. The minimum absolute atomic E-state index is 0. The Bertz CT molecular complexity index is 661. The molecule has 1 aliphatic heterocycles. The van der Waals surface area contributed by atoms with Crippen LogP contribution in [0.2, 0.25) is 5.02 Å². The second-order valence-electron chi connectivity index (χ2n) is 5.66. The summed E-state index contributed by atoms with van der Waals surface area (Å²) in [5.41, 5.74) is 0.453. The molecule has 0 spiro atoms. The highest BCUT2D eigenvalue weighted by atomic mass is 35.5. The number of ether oxygens (including phenoxy) is 1. The molecule has 1 atom stereocenters.